The summed E-state index contributed by atoms with van der Waals surface area (Å²) in [6.07, 6.45) is 2.35. The highest BCUT2D eigenvalue weighted by molar-refractivity contribution is 5.80. The first-order chi connectivity index (χ1) is 4.63. The molecular formula is C8H12O2. The van der Waals surface area contributed by atoms with Gasteiger partial charge in [-0.05, 0) is 19.3 Å². The summed E-state index contributed by atoms with van der Waals surface area (Å²) in [7, 11) is 0. The normalized spacial score (nSPS) is 31.5. The Morgan fingerprint density at radius 2 is 2.50 bits per heavy atom. The molecular weight excluding hydrogens is 128 g/mol. The van der Waals surface area contributed by atoms with Crippen LogP contribution < -0.4 is 0 Å². The molecule has 1 aliphatic rings. The van der Waals surface area contributed by atoms with Gasteiger partial charge in [0.1, 0.15) is 0 Å². The molecule has 56 valence electrons. The van der Waals surface area contributed by atoms with E-state index < -0.39 is 11.4 Å². The van der Waals surface area contributed by atoms with Crippen LogP contribution in [-0.4, -0.2) is 11.1 Å². The zero-order valence-electron chi connectivity index (χ0n) is 6.18. The highest BCUT2D eigenvalue weighted by atomic mass is 16.4. The minimum absolute atomic E-state index is 0.556. The van der Waals surface area contributed by atoms with Crippen LogP contribution in [0.5, 0.6) is 0 Å². The van der Waals surface area contributed by atoms with Crippen molar-refractivity contribution in [1.82, 2.24) is 0 Å². The molecule has 2 heteroatoms. The maximum Gasteiger partial charge on any atom is 0.313 e. The van der Waals surface area contributed by atoms with Gasteiger partial charge in [-0.3, -0.25) is 4.79 Å². The van der Waals surface area contributed by atoms with Crippen LogP contribution in [0, 0.1) is 5.41 Å². The first-order valence-electron chi connectivity index (χ1n) is 3.55. The van der Waals surface area contributed by atoms with Crippen LogP contribution in [0.4, 0.5) is 0 Å². The molecule has 10 heavy (non-hydrogen) atoms. The number of rotatable bonds is 2. The number of aliphatic carboxylic acids is 1. The van der Waals surface area contributed by atoms with Crippen LogP contribution in [0.15, 0.2) is 12.2 Å². The van der Waals surface area contributed by atoms with Crippen LogP contribution in [0.1, 0.15) is 26.2 Å². The van der Waals surface area contributed by atoms with Gasteiger partial charge in [-0.2, -0.15) is 0 Å². The van der Waals surface area contributed by atoms with Crippen molar-refractivity contribution in [3.63, 3.8) is 0 Å². The quantitative estimate of drug-likeness (QED) is 0.594. The molecule has 0 saturated heterocycles. The second-order valence-corrected chi connectivity index (χ2v) is 2.84. The monoisotopic (exact) mass is 140 g/mol. The first kappa shape index (κ1) is 7.32. The summed E-state index contributed by atoms with van der Waals surface area (Å²) in [6.45, 7) is 5.63. The standard InChI is InChI=1S/C8H12O2/c1-3-8(7(9)10)5-4-6(8)2/h2-5H2,1H3,(H,9,10). The lowest BCUT2D eigenvalue weighted by molar-refractivity contribution is -0.149. The average molecular weight is 140 g/mol. The van der Waals surface area contributed by atoms with Gasteiger partial charge in [0.25, 0.3) is 0 Å². The van der Waals surface area contributed by atoms with Crippen LogP contribution in [0.3, 0.4) is 0 Å². The fourth-order valence-electron chi connectivity index (χ4n) is 1.44. The zero-order valence-corrected chi connectivity index (χ0v) is 6.18. The molecule has 0 radical (unpaired) electrons. The molecule has 0 heterocycles. The SMILES string of the molecule is C=C1CCC1(CC)C(=O)O. The maximum atomic E-state index is 10.7. The van der Waals surface area contributed by atoms with Crippen LogP contribution in [0.25, 0.3) is 0 Å². The third-order valence-electron chi connectivity index (χ3n) is 2.54. The van der Waals surface area contributed by atoms with E-state index in [9.17, 15) is 4.79 Å². The smallest absolute Gasteiger partial charge is 0.313 e. The Labute approximate surface area is 60.6 Å². The lowest BCUT2D eigenvalue weighted by Crippen LogP contribution is -2.39. The summed E-state index contributed by atoms with van der Waals surface area (Å²) in [5.74, 6) is -0.703. The molecule has 1 saturated carbocycles. The van der Waals surface area contributed by atoms with Crippen LogP contribution in [-0.2, 0) is 4.79 Å². The Kier molecular flexibility index (Phi) is 1.55. The Bertz CT molecular complexity index is 170. The molecule has 0 aromatic rings. The minimum atomic E-state index is -0.703. The Morgan fingerprint density at radius 3 is 2.50 bits per heavy atom. The van der Waals surface area contributed by atoms with Crippen molar-refractivity contribution in [3.8, 4) is 0 Å². The number of carbonyl (C=O) groups is 1. The fraction of sp³-hybridized carbons (Fsp3) is 0.625. The van der Waals surface area contributed by atoms with E-state index in [2.05, 4.69) is 6.58 Å². The van der Waals surface area contributed by atoms with E-state index in [1.165, 1.54) is 0 Å². The van der Waals surface area contributed by atoms with E-state index in [0.29, 0.717) is 6.42 Å². The molecule has 0 aliphatic heterocycles. The highest BCUT2D eigenvalue weighted by Gasteiger charge is 2.45. The van der Waals surface area contributed by atoms with Crippen molar-refractivity contribution in [2.75, 3.05) is 0 Å². The Hall–Kier alpha value is -0.790. The number of hydrogen-bond acceptors (Lipinski definition) is 1. The summed E-state index contributed by atoms with van der Waals surface area (Å²) in [5.41, 5.74) is 0.336. The van der Waals surface area contributed by atoms with Crippen molar-refractivity contribution >= 4 is 5.97 Å². The number of carboxylic acid groups (broad SMARTS) is 1. The molecule has 1 unspecified atom stereocenters. The first-order valence-corrected chi connectivity index (χ1v) is 3.55. The van der Waals surface area contributed by atoms with Gasteiger partial charge in [-0.15, -0.1) is 0 Å². The van der Waals surface area contributed by atoms with E-state index in [0.717, 1.165) is 18.4 Å². The molecule has 2 nitrogen and oxygen atoms in total. The largest absolute Gasteiger partial charge is 0.481 e. The van der Waals surface area contributed by atoms with Gasteiger partial charge in [0, 0.05) is 0 Å². The lowest BCUT2D eigenvalue weighted by Gasteiger charge is -2.39. The van der Waals surface area contributed by atoms with Crippen molar-refractivity contribution < 1.29 is 9.90 Å². The Morgan fingerprint density at radius 1 is 1.90 bits per heavy atom. The molecule has 1 aliphatic carbocycles. The Balaban J connectivity index is 2.79. The molecule has 1 atom stereocenters. The molecule has 0 aromatic carbocycles. The molecule has 0 spiro atoms. The third-order valence-corrected chi connectivity index (χ3v) is 2.54. The average Bonchev–Trinajstić information content (AvgIpc) is 1.86. The third kappa shape index (κ3) is 0.681. The lowest BCUT2D eigenvalue weighted by atomic mass is 9.63. The van der Waals surface area contributed by atoms with Gasteiger partial charge in [-0.1, -0.05) is 19.1 Å². The summed E-state index contributed by atoms with van der Waals surface area (Å²) in [6, 6.07) is 0. The highest BCUT2D eigenvalue weighted by Crippen LogP contribution is 2.47. The van der Waals surface area contributed by atoms with E-state index in [4.69, 9.17) is 5.11 Å². The van der Waals surface area contributed by atoms with Crippen LogP contribution in [0.2, 0.25) is 0 Å². The van der Waals surface area contributed by atoms with Crippen molar-refractivity contribution in [3.05, 3.63) is 12.2 Å². The second-order valence-electron chi connectivity index (χ2n) is 2.84. The predicted octanol–water partition coefficient (Wildman–Crippen LogP) is 1.82. The predicted molar refractivity (Wildman–Crippen MR) is 38.7 cm³/mol. The van der Waals surface area contributed by atoms with Gasteiger partial charge in [0.2, 0.25) is 0 Å². The fourth-order valence-corrected chi connectivity index (χ4v) is 1.44. The molecule has 0 aromatic heterocycles. The molecule has 0 amide bonds. The van der Waals surface area contributed by atoms with E-state index in [-0.39, 0.29) is 0 Å². The number of carboxylic acids is 1. The summed E-state index contributed by atoms with van der Waals surface area (Å²) in [5, 5.41) is 8.79. The van der Waals surface area contributed by atoms with Gasteiger partial charge in [0.05, 0.1) is 5.41 Å². The second kappa shape index (κ2) is 2.11. The van der Waals surface area contributed by atoms with Gasteiger partial charge < -0.3 is 5.11 Å². The summed E-state index contributed by atoms with van der Waals surface area (Å²) in [4.78, 5) is 10.7. The molecule has 1 fully saturated rings. The van der Waals surface area contributed by atoms with E-state index >= 15 is 0 Å². The summed E-state index contributed by atoms with van der Waals surface area (Å²) < 4.78 is 0. The number of hydrogen-bond donors (Lipinski definition) is 1. The van der Waals surface area contributed by atoms with E-state index in [1.54, 1.807) is 0 Å². The minimum Gasteiger partial charge on any atom is -0.481 e. The van der Waals surface area contributed by atoms with Crippen molar-refractivity contribution in [1.29, 1.82) is 0 Å². The molecule has 1 N–H and O–H groups in total. The summed E-state index contributed by atoms with van der Waals surface area (Å²) >= 11 is 0. The topological polar surface area (TPSA) is 37.3 Å². The maximum absolute atomic E-state index is 10.7. The molecule has 1 rings (SSSR count). The van der Waals surface area contributed by atoms with Gasteiger partial charge >= 0.3 is 5.97 Å². The van der Waals surface area contributed by atoms with Gasteiger partial charge in [-0.25, -0.2) is 0 Å². The van der Waals surface area contributed by atoms with Gasteiger partial charge in [0.15, 0.2) is 0 Å². The zero-order chi connectivity index (χ0) is 7.78. The molecule has 0 bridgehead atoms. The van der Waals surface area contributed by atoms with Crippen LogP contribution >= 0.6 is 0 Å². The van der Waals surface area contributed by atoms with Crippen molar-refractivity contribution in [2.45, 2.75) is 26.2 Å². The van der Waals surface area contributed by atoms with Crippen molar-refractivity contribution in [2.24, 2.45) is 5.41 Å². The van der Waals surface area contributed by atoms with E-state index in [1.807, 2.05) is 6.92 Å².